The number of hydrogen-bond acceptors (Lipinski definition) is 3. The van der Waals surface area contributed by atoms with Gasteiger partial charge < -0.3 is 15.6 Å². The summed E-state index contributed by atoms with van der Waals surface area (Å²) in [6.45, 7) is 3.11. The normalized spacial score (nSPS) is 22.0. The van der Waals surface area contributed by atoms with Gasteiger partial charge in [-0.15, -0.1) is 0 Å². The second kappa shape index (κ2) is 6.10. The lowest BCUT2D eigenvalue weighted by atomic mass is 9.94. The fourth-order valence-corrected chi connectivity index (χ4v) is 2.68. The number of carbonyl (C=O) groups excluding carboxylic acids is 1. The van der Waals surface area contributed by atoms with E-state index in [0.717, 1.165) is 36.3 Å². The summed E-state index contributed by atoms with van der Waals surface area (Å²) in [5.41, 5.74) is 2.84. The van der Waals surface area contributed by atoms with E-state index in [9.17, 15) is 4.79 Å². The molecule has 1 fully saturated rings. The molecular weight excluding hydrogens is 264 g/mol. The van der Waals surface area contributed by atoms with Gasteiger partial charge in [-0.05, 0) is 43.0 Å². The predicted octanol–water partition coefficient (Wildman–Crippen LogP) is 2.40. The van der Waals surface area contributed by atoms with E-state index >= 15 is 0 Å². The zero-order valence-corrected chi connectivity index (χ0v) is 12.1. The van der Waals surface area contributed by atoms with Crippen molar-refractivity contribution in [1.29, 1.82) is 0 Å². The maximum Gasteiger partial charge on any atom is 0.241 e. The molecular formula is C16H20N4O. The Morgan fingerprint density at radius 1 is 1.33 bits per heavy atom. The first-order valence-electron chi connectivity index (χ1n) is 7.35. The minimum Gasteiger partial charge on any atom is -0.345 e. The lowest BCUT2D eigenvalue weighted by Crippen LogP contribution is -2.45. The van der Waals surface area contributed by atoms with Crippen molar-refractivity contribution in [3.8, 4) is 11.3 Å². The molecule has 2 heterocycles. The molecule has 1 amide bonds. The van der Waals surface area contributed by atoms with Crippen LogP contribution in [-0.2, 0) is 4.79 Å². The molecule has 3 rings (SSSR count). The van der Waals surface area contributed by atoms with E-state index in [-0.39, 0.29) is 11.9 Å². The molecule has 1 aromatic heterocycles. The van der Waals surface area contributed by atoms with Crippen molar-refractivity contribution in [1.82, 2.24) is 15.3 Å². The number of rotatable bonds is 3. The van der Waals surface area contributed by atoms with Gasteiger partial charge in [0, 0.05) is 5.69 Å². The van der Waals surface area contributed by atoms with E-state index in [1.54, 1.807) is 12.5 Å². The number of nitrogens with one attached hydrogen (secondary N) is 3. The summed E-state index contributed by atoms with van der Waals surface area (Å²) in [5.74, 6) is 0.653. The van der Waals surface area contributed by atoms with Gasteiger partial charge in [-0.25, -0.2) is 4.98 Å². The highest BCUT2D eigenvalue weighted by molar-refractivity contribution is 5.95. The van der Waals surface area contributed by atoms with Crippen molar-refractivity contribution < 1.29 is 4.79 Å². The van der Waals surface area contributed by atoms with Gasteiger partial charge in [0.2, 0.25) is 5.91 Å². The zero-order chi connectivity index (χ0) is 14.7. The largest absolute Gasteiger partial charge is 0.345 e. The molecule has 0 aliphatic carbocycles. The highest BCUT2D eigenvalue weighted by Gasteiger charge is 2.24. The third-order valence-electron chi connectivity index (χ3n) is 3.94. The van der Waals surface area contributed by atoms with Crippen LogP contribution in [0, 0.1) is 5.92 Å². The maximum absolute atomic E-state index is 12.2. The quantitative estimate of drug-likeness (QED) is 0.810. The number of H-pyrrole nitrogens is 1. The van der Waals surface area contributed by atoms with Crippen LogP contribution in [0.1, 0.15) is 19.8 Å². The van der Waals surface area contributed by atoms with Gasteiger partial charge in [0.15, 0.2) is 0 Å². The van der Waals surface area contributed by atoms with Crippen LogP contribution in [0.15, 0.2) is 36.8 Å². The number of hydrogen-bond donors (Lipinski definition) is 3. The second-order valence-electron chi connectivity index (χ2n) is 5.67. The number of benzene rings is 1. The monoisotopic (exact) mass is 284 g/mol. The molecule has 2 aromatic rings. The lowest BCUT2D eigenvalue weighted by Gasteiger charge is -2.27. The average molecular weight is 284 g/mol. The summed E-state index contributed by atoms with van der Waals surface area (Å²) in [7, 11) is 0. The number of piperidine rings is 1. The summed E-state index contributed by atoms with van der Waals surface area (Å²) in [6.07, 6.45) is 5.47. The molecule has 0 radical (unpaired) electrons. The molecule has 1 aromatic carbocycles. The molecule has 2 atom stereocenters. The lowest BCUT2D eigenvalue weighted by molar-refractivity contribution is -0.119. The molecule has 0 saturated carbocycles. The van der Waals surface area contributed by atoms with Crippen molar-refractivity contribution in [2.75, 3.05) is 11.9 Å². The Balaban J connectivity index is 1.63. The van der Waals surface area contributed by atoms with Crippen LogP contribution < -0.4 is 10.6 Å². The molecule has 0 spiro atoms. The van der Waals surface area contributed by atoms with Crippen molar-refractivity contribution >= 4 is 11.6 Å². The summed E-state index contributed by atoms with van der Waals surface area (Å²) in [4.78, 5) is 19.3. The fourth-order valence-electron chi connectivity index (χ4n) is 2.68. The molecule has 0 bridgehead atoms. The summed E-state index contributed by atoms with van der Waals surface area (Å²) >= 11 is 0. The number of carbonyl (C=O) groups is 1. The topological polar surface area (TPSA) is 69.8 Å². The zero-order valence-electron chi connectivity index (χ0n) is 12.1. The Hall–Kier alpha value is -2.14. The predicted molar refractivity (Wildman–Crippen MR) is 82.8 cm³/mol. The Kier molecular flexibility index (Phi) is 4.01. The number of amides is 1. The van der Waals surface area contributed by atoms with Gasteiger partial charge in [0.05, 0.1) is 24.3 Å². The van der Waals surface area contributed by atoms with Crippen LogP contribution in [-0.4, -0.2) is 28.5 Å². The van der Waals surface area contributed by atoms with Crippen LogP contribution in [0.5, 0.6) is 0 Å². The molecule has 5 nitrogen and oxygen atoms in total. The Morgan fingerprint density at radius 2 is 2.14 bits per heavy atom. The van der Waals surface area contributed by atoms with Gasteiger partial charge in [-0.3, -0.25) is 4.79 Å². The van der Waals surface area contributed by atoms with Crippen LogP contribution >= 0.6 is 0 Å². The molecule has 1 aliphatic heterocycles. The van der Waals surface area contributed by atoms with Gasteiger partial charge in [-0.2, -0.15) is 0 Å². The standard InChI is InChI=1S/C16H20N4O/c1-11-6-7-18-14(8-11)16(21)20-13-4-2-12(3-5-13)15-9-17-10-19-15/h2-5,9-11,14,18H,6-8H2,1H3,(H,17,19)(H,20,21). The number of aromatic amines is 1. The molecule has 3 N–H and O–H groups in total. The van der Waals surface area contributed by atoms with E-state index in [1.165, 1.54) is 0 Å². The van der Waals surface area contributed by atoms with Gasteiger partial charge in [0.1, 0.15) is 0 Å². The maximum atomic E-state index is 12.2. The van der Waals surface area contributed by atoms with E-state index in [2.05, 4.69) is 27.5 Å². The minimum atomic E-state index is -0.0824. The molecule has 2 unspecified atom stereocenters. The van der Waals surface area contributed by atoms with Crippen LogP contribution in [0.4, 0.5) is 5.69 Å². The van der Waals surface area contributed by atoms with E-state index < -0.39 is 0 Å². The van der Waals surface area contributed by atoms with Gasteiger partial charge in [0.25, 0.3) is 0 Å². The van der Waals surface area contributed by atoms with Crippen molar-refractivity contribution in [3.63, 3.8) is 0 Å². The molecule has 1 saturated heterocycles. The smallest absolute Gasteiger partial charge is 0.241 e. The number of imidazole rings is 1. The molecule has 110 valence electrons. The number of nitrogens with zero attached hydrogens (tertiary/aromatic N) is 1. The molecule has 21 heavy (non-hydrogen) atoms. The third kappa shape index (κ3) is 3.31. The minimum absolute atomic E-state index is 0.0517. The molecule has 5 heteroatoms. The fraction of sp³-hybridized carbons (Fsp3) is 0.375. The Morgan fingerprint density at radius 3 is 2.81 bits per heavy atom. The van der Waals surface area contributed by atoms with Crippen molar-refractivity contribution in [3.05, 3.63) is 36.8 Å². The first-order chi connectivity index (χ1) is 10.2. The van der Waals surface area contributed by atoms with Crippen molar-refractivity contribution in [2.45, 2.75) is 25.8 Å². The Labute approximate surface area is 124 Å². The van der Waals surface area contributed by atoms with Crippen LogP contribution in [0.2, 0.25) is 0 Å². The van der Waals surface area contributed by atoms with E-state index in [0.29, 0.717) is 5.92 Å². The van der Waals surface area contributed by atoms with Crippen molar-refractivity contribution in [2.24, 2.45) is 5.92 Å². The highest BCUT2D eigenvalue weighted by Crippen LogP contribution is 2.20. The van der Waals surface area contributed by atoms with Gasteiger partial charge >= 0.3 is 0 Å². The summed E-state index contributed by atoms with van der Waals surface area (Å²) < 4.78 is 0. The van der Waals surface area contributed by atoms with Crippen LogP contribution in [0.3, 0.4) is 0 Å². The molecule has 1 aliphatic rings. The SMILES string of the molecule is CC1CCNC(C(=O)Nc2ccc(-c3cnc[nH]3)cc2)C1. The average Bonchev–Trinajstić information content (AvgIpc) is 3.02. The second-order valence-corrected chi connectivity index (χ2v) is 5.67. The Bertz CT molecular complexity index is 591. The van der Waals surface area contributed by atoms with E-state index in [4.69, 9.17) is 0 Å². The van der Waals surface area contributed by atoms with E-state index in [1.807, 2.05) is 24.3 Å². The number of aromatic nitrogens is 2. The first-order valence-corrected chi connectivity index (χ1v) is 7.35. The summed E-state index contributed by atoms with van der Waals surface area (Å²) in [5, 5.41) is 6.26. The first kappa shape index (κ1) is 13.8. The summed E-state index contributed by atoms with van der Waals surface area (Å²) in [6, 6.07) is 7.70. The third-order valence-corrected chi connectivity index (χ3v) is 3.94. The van der Waals surface area contributed by atoms with Gasteiger partial charge in [-0.1, -0.05) is 19.1 Å². The highest BCUT2D eigenvalue weighted by atomic mass is 16.2. The van der Waals surface area contributed by atoms with Crippen LogP contribution in [0.25, 0.3) is 11.3 Å². The number of anilines is 1.